The van der Waals surface area contributed by atoms with E-state index in [4.69, 9.17) is 18.0 Å². The molecule has 19 heavy (non-hydrogen) atoms. The zero-order valence-corrected chi connectivity index (χ0v) is 11.9. The summed E-state index contributed by atoms with van der Waals surface area (Å²) in [6.07, 6.45) is 6.04. The van der Waals surface area contributed by atoms with Crippen molar-refractivity contribution in [2.75, 3.05) is 6.54 Å². The number of nitrogens with zero attached hydrogens (tertiary/aromatic N) is 2. The minimum Gasteiger partial charge on any atom is -0.392 e. The van der Waals surface area contributed by atoms with Gasteiger partial charge in [0, 0.05) is 25.5 Å². The van der Waals surface area contributed by atoms with Crippen LogP contribution in [0.4, 0.5) is 0 Å². The van der Waals surface area contributed by atoms with Crippen molar-refractivity contribution in [3.63, 3.8) is 0 Å². The second-order valence-corrected chi connectivity index (χ2v) is 5.78. The average Bonchev–Trinajstić information content (AvgIpc) is 2.82. The van der Waals surface area contributed by atoms with Gasteiger partial charge in [-0.1, -0.05) is 19.1 Å². The third-order valence-corrected chi connectivity index (χ3v) is 4.10. The Morgan fingerprint density at radius 3 is 2.89 bits per heavy atom. The van der Waals surface area contributed by atoms with Crippen molar-refractivity contribution in [1.82, 2.24) is 15.1 Å². The number of thiocarbonyl (C=S) groups is 1. The van der Waals surface area contributed by atoms with Gasteiger partial charge in [0.1, 0.15) is 0 Å². The Morgan fingerprint density at radius 2 is 2.37 bits per heavy atom. The predicted octanol–water partition coefficient (Wildman–Crippen LogP) is 1.09. The van der Waals surface area contributed by atoms with E-state index in [0.717, 1.165) is 25.8 Å². The maximum Gasteiger partial charge on any atom is 0.233 e. The monoisotopic (exact) mass is 280 g/mol. The van der Waals surface area contributed by atoms with Gasteiger partial charge in [0.05, 0.1) is 10.4 Å². The molecule has 2 rings (SSSR count). The number of nitrogens with one attached hydrogen (secondary N) is 1. The Kier molecular flexibility index (Phi) is 4.19. The lowest BCUT2D eigenvalue weighted by molar-refractivity contribution is -0.132. The van der Waals surface area contributed by atoms with Crippen LogP contribution in [-0.4, -0.2) is 27.2 Å². The number of hydrogen-bond donors (Lipinski definition) is 2. The van der Waals surface area contributed by atoms with Crippen molar-refractivity contribution in [3.05, 3.63) is 18.5 Å². The summed E-state index contributed by atoms with van der Waals surface area (Å²) < 4.78 is 1.85. The molecule has 1 saturated carbocycles. The number of hydrogen-bond acceptors (Lipinski definition) is 3. The van der Waals surface area contributed by atoms with E-state index in [1.165, 1.54) is 0 Å². The zero-order valence-electron chi connectivity index (χ0n) is 11.1. The van der Waals surface area contributed by atoms with Gasteiger partial charge in [-0.05, 0) is 31.2 Å². The van der Waals surface area contributed by atoms with Gasteiger partial charge in [-0.15, -0.1) is 0 Å². The lowest BCUT2D eigenvalue weighted by Gasteiger charge is -2.44. The third kappa shape index (κ3) is 2.94. The number of carbonyl (C=O) groups excluding carboxylic acids is 1. The standard InChI is InChI=1S/C13H20N4OS/c1-10-8-13(9-10,11(14)19)12(18)15-4-2-6-17-7-3-5-16-17/h3,5,7,10H,2,4,6,8-9H2,1H3,(H2,14,19)(H,15,18). The maximum atomic E-state index is 12.2. The lowest BCUT2D eigenvalue weighted by Crippen LogP contribution is -2.56. The van der Waals surface area contributed by atoms with Crippen LogP contribution in [0, 0.1) is 11.3 Å². The molecule has 1 aliphatic rings. The summed E-state index contributed by atoms with van der Waals surface area (Å²) in [6.45, 7) is 3.53. The van der Waals surface area contributed by atoms with E-state index in [1.807, 2.05) is 16.9 Å². The molecule has 0 aromatic carbocycles. The van der Waals surface area contributed by atoms with Gasteiger partial charge in [0.2, 0.25) is 5.91 Å². The van der Waals surface area contributed by atoms with Crippen LogP contribution in [0.1, 0.15) is 26.2 Å². The van der Waals surface area contributed by atoms with Crippen LogP contribution in [0.5, 0.6) is 0 Å². The molecule has 6 heteroatoms. The Labute approximate surface area is 118 Å². The van der Waals surface area contributed by atoms with Crippen molar-refractivity contribution in [1.29, 1.82) is 0 Å². The Morgan fingerprint density at radius 1 is 1.63 bits per heavy atom. The van der Waals surface area contributed by atoms with E-state index in [2.05, 4.69) is 17.3 Å². The fourth-order valence-electron chi connectivity index (χ4n) is 2.67. The van der Waals surface area contributed by atoms with Crippen LogP contribution in [0.2, 0.25) is 0 Å². The van der Waals surface area contributed by atoms with Gasteiger partial charge >= 0.3 is 0 Å². The zero-order chi connectivity index (χ0) is 13.9. The first-order valence-corrected chi connectivity index (χ1v) is 7.01. The molecule has 0 saturated heterocycles. The van der Waals surface area contributed by atoms with Crippen molar-refractivity contribution >= 4 is 23.1 Å². The quantitative estimate of drug-likeness (QED) is 0.604. The van der Waals surface area contributed by atoms with Gasteiger partial charge in [0.25, 0.3) is 0 Å². The normalized spacial score (nSPS) is 25.6. The van der Waals surface area contributed by atoms with E-state index in [-0.39, 0.29) is 5.91 Å². The maximum absolute atomic E-state index is 12.2. The van der Waals surface area contributed by atoms with Crippen LogP contribution >= 0.6 is 12.2 Å². The van der Waals surface area contributed by atoms with Crippen LogP contribution < -0.4 is 11.1 Å². The minimum atomic E-state index is -0.597. The van der Waals surface area contributed by atoms with Gasteiger partial charge < -0.3 is 11.1 Å². The molecule has 1 fully saturated rings. The van der Waals surface area contributed by atoms with E-state index < -0.39 is 5.41 Å². The largest absolute Gasteiger partial charge is 0.392 e. The van der Waals surface area contributed by atoms with Crippen molar-refractivity contribution < 1.29 is 4.79 Å². The van der Waals surface area contributed by atoms with Crippen LogP contribution in [0.25, 0.3) is 0 Å². The molecule has 0 spiro atoms. The molecule has 0 radical (unpaired) electrons. The van der Waals surface area contributed by atoms with Crippen molar-refractivity contribution in [2.24, 2.45) is 17.1 Å². The number of rotatable bonds is 6. The van der Waals surface area contributed by atoms with Crippen molar-refractivity contribution in [3.8, 4) is 0 Å². The molecule has 1 aromatic heterocycles. The third-order valence-electron chi connectivity index (χ3n) is 3.71. The van der Waals surface area contributed by atoms with Crippen LogP contribution in [0.15, 0.2) is 18.5 Å². The Hall–Kier alpha value is -1.43. The first-order valence-electron chi connectivity index (χ1n) is 6.60. The number of amides is 1. The smallest absolute Gasteiger partial charge is 0.233 e. The van der Waals surface area contributed by atoms with Crippen molar-refractivity contribution in [2.45, 2.75) is 32.7 Å². The molecule has 0 aliphatic heterocycles. The highest BCUT2D eigenvalue weighted by Gasteiger charge is 2.50. The van der Waals surface area contributed by atoms with E-state index in [9.17, 15) is 4.79 Å². The van der Waals surface area contributed by atoms with Gasteiger partial charge in [-0.3, -0.25) is 9.48 Å². The first-order chi connectivity index (χ1) is 9.04. The number of aryl methyl sites for hydroxylation is 1. The molecule has 0 atom stereocenters. The first kappa shape index (κ1) is 14.0. The molecule has 1 heterocycles. The second kappa shape index (κ2) is 5.69. The summed E-state index contributed by atoms with van der Waals surface area (Å²) in [5.41, 5.74) is 5.14. The molecular formula is C13H20N4OS. The molecule has 0 bridgehead atoms. The average molecular weight is 280 g/mol. The second-order valence-electron chi connectivity index (χ2n) is 5.34. The molecule has 1 aromatic rings. The summed E-state index contributed by atoms with van der Waals surface area (Å²) in [5.74, 6) is 0.509. The Balaban J connectivity index is 1.76. The summed E-state index contributed by atoms with van der Waals surface area (Å²) >= 11 is 5.06. The highest BCUT2D eigenvalue weighted by molar-refractivity contribution is 7.80. The SMILES string of the molecule is CC1CC(C(=O)NCCCn2cccn2)(C(N)=S)C1. The Bertz CT molecular complexity index is 451. The molecule has 3 N–H and O–H groups in total. The lowest BCUT2D eigenvalue weighted by atomic mass is 9.62. The van der Waals surface area contributed by atoms with Gasteiger partial charge in [-0.25, -0.2) is 0 Å². The predicted molar refractivity (Wildman–Crippen MR) is 77.5 cm³/mol. The molecule has 5 nitrogen and oxygen atoms in total. The molecule has 1 aliphatic carbocycles. The topological polar surface area (TPSA) is 72.9 Å². The van der Waals surface area contributed by atoms with Crippen LogP contribution in [0.3, 0.4) is 0 Å². The fourth-order valence-corrected chi connectivity index (χ4v) is 2.93. The highest BCUT2D eigenvalue weighted by atomic mass is 32.1. The molecular weight excluding hydrogens is 260 g/mol. The fraction of sp³-hybridized carbons (Fsp3) is 0.615. The van der Waals surface area contributed by atoms with E-state index in [0.29, 0.717) is 17.5 Å². The molecule has 1 amide bonds. The number of nitrogens with two attached hydrogens (primary N) is 1. The molecule has 0 unspecified atom stereocenters. The molecule has 104 valence electrons. The summed E-state index contributed by atoms with van der Waals surface area (Å²) in [5, 5.41) is 7.05. The van der Waals surface area contributed by atoms with Gasteiger partial charge in [-0.2, -0.15) is 5.10 Å². The summed E-state index contributed by atoms with van der Waals surface area (Å²) in [6, 6.07) is 1.89. The summed E-state index contributed by atoms with van der Waals surface area (Å²) in [4.78, 5) is 12.5. The van der Waals surface area contributed by atoms with Gasteiger partial charge in [0.15, 0.2) is 0 Å². The van der Waals surface area contributed by atoms with E-state index >= 15 is 0 Å². The summed E-state index contributed by atoms with van der Waals surface area (Å²) in [7, 11) is 0. The minimum absolute atomic E-state index is 0.0152. The van der Waals surface area contributed by atoms with Crippen LogP contribution in [-0.2, 0) is 11.3 Å². The number of carbonyl (C=O) groups is 1. The van der Waals surface area contributed by atoms with E-state index in [1.54, 1.807) is 6.20 Å². The highest BCUT2D eigenvalue weighted by Crippen LogP contribution is 2.45. The number of aromatic nitrogens is 2.